The summed E-state index contributed by atoms with van der Waals surface area (Å²) in [6.07, 6.45) is 2.75. The molecular formula is C23H18N2O4. The average Bonchev–Trinajstić information content (AvgIpc) is 2.71. The van der Waals surface area contributed by atoms with Gasteiger partial charge in [-0.25, -0.2) is 0 Å². The summed E-state index contributed by atoms with van der Waals surface area (Å²) in [7, 11) is 0. The van der Waals surface area contributed by atoms with Gasteiger partial charge >= 0.3 is 0 Å². The van der Waals surface area contributed by atoms with Crippen LogP contribution in [0, 0.1) is 18.3 Å². The van der Waals surface area contributed by atoms with Crippen LogP contribution in [0.1, 0.15) is 21.6 Å². The Morgan fingerprint density at radius 1 is 1.17 bits per heavy atom. The maximum absolute atomic E-state index is 12.9. The van der Waals surface area contributed by atoms with E-state index in [2.05, 4.69) is 0 Å². The van der Waals surface area contributed by atoms with Gasteiger partial charge in [0.1, 0.15) is 23.1 Å². The highest BCUT2D eigenvalue weighted by molar-refractivity contribution is 6.08. The zero-order chi connectivity index (χ0) is 20.8. The van der Waals surface area contributed by atoms with E-state index in [4.69, 9.17) is 10.00 Å². The molecule has 6 nitrogen and oxygen atoms in total. The maximum Gasteiger partial charge on any atom is 0.270 e. The Bertz CT molecular complexity index is 1170. The molecule has 0 spiro atoms. The number of nitrogens with zero attached hydrogens (tertiary/aromatic N) is 2. The van der Waals surface area contributed by atoms with Crippen molar-refractivity contribution in [1.82, 2.24) is 4.57 Å². The first-order chi connectivity index (χ1) is 14.0. The molecule has 0 radical (unpaired) electrons. The lowest BCUT2D eigenvalue weighted by Gasteiger charge is -2.12. The third-order valence-corrected chi connectivity index (χ3v) is 4.22. The van der Waals surface area contributed by atoms with E-state index in [1.165, 1.54) is 22.8 Å². The first-order valence-corrected chi connectivity index (χ1v) is 8.84. The van der Waals surface area contributed by atoms with Gasteiger partial charge in [0.25, 0.3) is 5.56 Å². The quantitative estimate of drug-likeness (QED) is 0.516. The van der Waals surface area contributed by atoms with Gasteiger partial charge in [-0.15, -0.1) is 0 Å². The van der Waals surface area contributed by atoms with Gasteiger partial charge in [-0.2, -0.15) is 5.26 Å². The third-order valence-electron chi connectivity index (χ3n) is 4.22. The van der Waals surface area contributed by atoms with E-state index in [0.29, 0.717) is 22.7 Å². The van der Waals surface area contributed by atoms with Crippen LogP contribution in [0.3, 0.4) is 0 Å². The van der Waals surface area contributed by atoms with Crippen LogP contribution in [0.4, 0.5) is 0 Å². The lowest BCUT2D eigenvalue weighted by Crippen LogP contribution is -2.26. The normalized spacial score (nSPS) is 10.6. The van der Waals surface area contributed by atoms with Crippen molar-refractivity contribution in [3.05, 3.63) is 93.9 Å². The number of benzene rings is 2. The third kappa shape index (κ3) is 4.42. The fourth-order valence-corrected chi connectivity index (χ4v) is 2.92. The average molecular weight is 386 g/mol. The highest BCUT2D eigenvalue weighted by atomic mass is 16.5. The van der Waals surface area contributed by atoms with Gasteiger partial charge < -0.3 is 9.84 Å². The fraction of sp³-hybridized carbons (Fsp3) is 0.0870. The number of rotatable bonds is 6. The second-order valence-electron chi connectivity index (χ2n) is 6.24. The largest absolute Gasteiger partial charge is 0.507 e. The molecule has 0 aliphatic heterocycles. The van der Waals surface area contributed by atoms with E-state index >= 15 is 0 Å². The lowest BCUT2D eigenvalue weighted by molar-refractivity contribution is 0.104. The van der Waals surface area contributed by atoms with Gasteiger partial charge in [-0.3, -0.25) is 14.2 Å². The van der Waals surface area contributed by atoms with Crippen LogP contribution >= 0.6 is 0 Å². The number of aromatic hydroxyl groups is 1. The molecule has 3 aromatic rings. The molecule has 0 saturated heterocycles. The first-order valence-electron chi connectivity index (χ1n) is 8.84. The number of carbonyl (C=O) groups is 1. The Morgan fingerprint density at radius 3 is 2.66 bits per heavy atom. The lowest BCUT2D eigenvalue weighted by atomic mass is 10.1. The monoisotopic (exact) mass is 386 g/mol. The fourth-order valence-electron chi connectivity index (χ4n) is 2.92. The smallest absolute Gasteiger partial charge is 0.270 e. The summed E-state index contributed by atoms with van der Waals surface area (Å²) >= 11 is 0. The molecule has 2 aromatic carbocycles. The van der Waals surface area contributed by atoms with Gasteiger partial charge in [0, 0.05) is 17.4 Å². The molecule has 144 valence electrons. The van der Waals surface area contributed by atoms with Crippen LogP contribution in [-0.4, -0.2) is 22.1 Å². The molecule has 29 heavy (non-hydrogen) atoms. The summed E-state index contributed by atoms with van der Waals surface area (Å²) in [4.78, 5) is 25.6. The van der Waals surface area contributed by atoms with Crippen LogP contribution < -0.4 is 10.3 Å². The summed E-state index contributed by atoms with van der Waals surface area (Å²) in [5.74, 6) is -0.480. The molecule has 1 heterocycles. The first kappa shape index (κ1) is 19.6. The summed E-state index contributed by atoms with van der Waals surface area (Å²) in [6.45, 7) is 1.60. The van der Waals surface area contributed by atoms with Crippen molar-refractivity contribution in [2.24, 2.45) is 0 Å². The molecule has 0 atom stereocenters. The van der Waals surface area contributed by atoms with Crippen LogP contribution in [0.2, 0.25) is 0 Å². The molecule has 1 aromatic heterocycles. The van der Waals surface area contributed by atoms with Gasteiger partial charge in [-0.1, -0.05) is 36.4 Å². The van der Waals surface area contributed by atoms with Gasteiger partial charge in [0.15, 0.2) is 12.4 Å². The molecule has 0 aliphatic rings. The molecule has 0 bridgehead atoms. The predicted molar refractivity (Wildman–Crippen MR) is 109 cm³/mol. The van der Waals surface area contributed by atoms with Crippen molar-refractivity contribution in [2.45, 2.75) is 6.92 Å². The summed E-state index contributed by atoms with van der Waals surface area (Å²) in [5, 5.41) is 18.8. The number of carbonyl (C=O) groups excluding carboxylic acids is 1. The van der Waals surface area contributed by atoms with Gasteiger partial charge in [0.05, 0.1) is 0 Å². The Labute approximate surface area is 167 Å². The number of allylic oxidation sites excluding steroid dienone is 1. The number of hydrogen-bond donors (Lipinski definition) is 1. The molecule has 0 unspecified atom stereocenters. The number of aromatic nitrogens is 1. The zero-order valence-corrected chi connectivity index (χ0v) is 15.7. The van der Waals surface area contributed by atoms with E-state index in [0.717, 1.165) is 0 Å². The van der Waals surface area contributed by atoms with Crippen LogP contribution in [-0.2, 0) is 0 Å². The second-order valence-corrected chi connectivity index (χ2v) is 6.24. The molecular weight excluding hydrogens is 368 g/mol. The van der Waals surface area contributed by atoms with Gasteiger partial charge in [0.2, 0.25) is 0 Å². The number of aryl methyl sites for hydroxylation is 1. The van der Waals surface area contributed by atoms with E-state index in [-0.39, 0.29) is 17.9 Å². The van der Waals surface area contributed by atoms with Crippen molar-refractivity contribution in [3.63, 3.8) is 0 Å². The number of nitriles is 1. The Morgan fingerprint density at radius 2 is 1.93 bits per heavy atom. The van der Waals surface area contributed by atoms with Crippen molar-refractivity contribution in [2.75, 3.05) is 6.61 Å². The van der Waals surface area contributed by atoms with Crippen LogP contribution in [0.5, 0.6) is 11.5 Å². The topological polar surface area (TPSA) is 92.3 Å². The van der Waals surface area contributed by atoms with E-state index in [1.54, 1.807) is 55.5 Å². The number of para-hydroxylation sites is 1. The minimum atomic E-state index is -0.611. The van der Waals surface area contributed by atoms with Crippen molar-refractivity contribution >= 4 is 11.9 Å². The molecule has 3 rings (SSSR count). The predicted octanol–water partition coefficient (Wildman–Crippen LogP) is 3.65. The van der Waals surface area contributed by atoms with Crippen LogP contribution in [0.25, 0.3) is 11.8 Å². The van der Waals surface area contributed by atoms with Crippen molar-refractivity contribution in [1.29, 1.82) is 5.26 Å². The van der Waals surface area contributed by atoms with E-state index < -0.39 is 11.3 Å². The summed E-state index contributed by atoms with van der Waals surface area (Å²) < 4.78 is 6.62. The number of hydrogen-bond acceptors (Lipinski definition) is 5. The van der Waals surface area contributed by atoms with Gasteiger partial charge in [-0.05, 0) is 42.8 Å². The highest BCUT2D eigenvalue weighted by Gasteiger charge is 2.18. The Kier molecular flexibility index (Phi) is 5.91. The van der Waals surface area contributed by atoms with E-state index in [1.807, 2.05) is 12.1 Å². The standard InChI is InChI=1S/C23H18N2O4/c1-16-14-21(27)22(23(28)25(16)18-7-3-2-4-8-18)20(26)11-10-17-6-5-9-19(15-17)29-13-12-24/h2-11,14-15,27H,13H2,1H3/b11-10+. The SMILES string of the molecule is Cc1cc(O)c(C(=O)/C=C/c2cccc(OCC#N)c2)c(=O)n1-c1ccccc1. The molecule has 1 N–H and O–H groups in total. The minimum Gasteiger partial charge on any atom is -0.507 e. The highest BCUT2D eigenvalue weighted by Crippen LogP contribution is 2.20. The Balaban J connectivity index is 1.95. The molecule has 6 heteroatoms. The molecule has 0 saturated carbocycles. The summed E-state index contributed by atoms with van der Waals surface area (Å²) in [5.41, 5.74) is 0.891. The minimum absolute atomic E-state index is 0.0810. The van der Waals surface area contributed by atoms with Crippen molar-refractivity contribution < 1.29 is 14.6 Å². The van der Waals surface area contributed by atoms with Crippen LogP contribution in [0.15, 0.2) is 71.5 Å². The number of ketones is 1. The Hall–Kier alpha value is -4.11. The molecule has 0 fully saturated rings. The maximum atomic E-state index is 12.9. The number of ether oxygens (including phenoxy) is 1. The molecule has 0 amide bonds. The summed E-state index contributed by atoms with van der Waals surface area (Å²) in [6, 6.07) is 19.0. The zero-order valence-electron chi connectivity index (χ0n) is 15.7. The number of pyridine rings is 1. The van der Waals surface area contributed by atoms with Crippen molar-refractivity contribution in [3.8, 4) is 23.3 Å². The van der Waals surface area contributed by atoms with E-state index in [9.17, 15) is 14.7 Å². The molecule has 0 aliphatic carbocycles. The second kappa shape index (κ2) is 8.72.